The van der Waals surface area contributed by atoms with Crippen molar-refractivity contribution >= 4 is 12.1 Å². The zero-order valence-corrected chi connectivity index (χ0v) is 14.7. The molecule has 0 saturated heterocycles. The Balaban J connectivity index is 1.78. The first-order valence-electron chi connectivity index (χ1n) is 8.39. The van der Waals surface area contributed by atoms with Crippen LogP contribution in [0, 0.1) is 0 Å². The monoisotopic (exact) mass is 379 g/mol. The molecule has 0 saturated carbocycles. The molecule has 3 N–H and O–H groups in total. The van der Waals surface area contributed by atoms with Crippen molar-refractivity contribution in [2.24, 2.45) is 5.10 Å². The van der Waals surface area contributed by atoms with Crippen molar-refractivity contribution in [1.82, 2.24) is 20.0 Å². The van der Waals surface area contributed by atoms with Crippen LogP contribution in [0.5, 0.6) is 5.88 Å². The predicted octanol–water partition coefficient (Wildman–Crippen LogP) is 0.644. The van der Waals surface area contributed by atoms with Crippen LogP contribution in [0.2, 0.25) is 0 Å². The van der Waals surface area contributed by atoms with E-state index in [1.807, 2.05) is 30.3 Å². The van der Waals surface area contributed by atoms with E-state index in [4.69, 9.17) is 0 Å². The Hall–Kier alpha value is -4.01. The number of aromatic hydroxyl groups is 1. The zero-order valence-electron chi connectivity index (χ0n) is 14.7. The zero-order chi connectivity index (χ0) is 19.9. The minimum Gasteiger partial charge on any atom is -0.494 e. The number of nitrogens with one attached hydrogen (secondary N) is 2. The minimum absolute atomic E-state index is 0.162. The number of aromatic amines is 1. The molecule has 0 fully saturated rings. The Kier molecular flexibility index (Phi) is 5.75. The molecule has 0 aliphatic heterocycles. The maximum atomic E-state index is 12.0. The molecule has 0 atom stereocenters. The lowest BCUT2D eigenvalue weighted by Crippen LogP contribution is -2.33. The van der Waals surface area contributed by atoms with Gasteiger partial charge in [0.25, 0.3) is 11.5 Å². The van der Waals surface area contributed by atoms with Crippen molar-refractivity contribution in [3.05, 3.63) is 92.4 Å². The predicted molar refractivity (Wildman–Crippen MR) is 102 cm³/mol. The molecule has 0 unspecified atom stereocenters. The molecule has 28 heavy (non-hydrogen) atoms. The largest absolute Gasteiger partial charge is 0.494 e. The van der Waals surface area contributed by atoms with Crippen LogP contribution in [0.4, 0.5) is 0 Å². The second-order valence-electron chi connectivity index (χ2n) is 5.82. The lowest BCUT2D eigenvalue weighted by atomic mass is 10.1. The smallest absolute Gasteiger partial charge is 0.331 e. The SMILES string of the molecule is O=C(N/N=C\c1c(O)n(CCc2ccccc2)c(=O)[nH]c1=O)c1ccncc1. The number of aryl methyl sites for hydroxylation is 1. The Morgan fingerprint density at radius 1 is 1.18 bits per heavy atom. The van der Waals surface area contributed by atoms with Crippen LogP contribution in [0.25, 0.3) is 0 Å². The summed E-state index contributed by atoms with van der Waals surface area (Å²) >= 11 is 0. The van der Waals surface area contributed by atoms with Gasteiger partial charge in [-0.1, -0.05) is 30.3 Å². The third-order valence-corrected chi connectivity index (χ3v) is 3.98. The second-order valence-corrected chi connectivity index (χ2v) is 5.82. The van der Waals surface area contributed by atoms with E-state index in [9.17, 15) is 19.5 Å². The number of nitrogens with zero attached hydrogens (tertiary/aromatic N) is 3. The van der Waals surface area contributed by atoms with Crippen molar-refractivity contribution in [2.45, 2.75) is 13.0 Å². The van der Waals surface area contributed by atoms with Gasteiger partial charge in [-0.25, -0.2) is 10.2 Å². The molecule has 0 aliphatic rings. The quantitative estimate of drug-likeness (QED) is 0.428. The topological polar surface area (TPSA) is 129 Å². The first kappa shape index (κ1) is 18.8. The van der Waals surface area contributed by atoms with Gasteiger partial charge in [0.15, 0.2) is 0 Å². The van der Waals surface area contributed by atoms with E-state index in [0.717, 1.165) is 16.3 Å². The number of carbonyl (C=O) groups is 1. The third kappa shape index (κ3) is 4.39. The van der Waals surface area contributed by atoms with E-state index >= 15 is 0 Å². The summed E-state index contributed by atoms with van der Waals surface area (Å²) in [5, 5.41) is 14.0. The number of amides is 1. The van der Waals surface area contributed by atoms with Crippen molar-refractivity contribution in [3.63, 3.8) is 0 Å². The number of rotatable bonds is 6. The molecule has 9 nitrogen and oxygen atoms in total. The summed E-state index contributed by atoms with van der Waals surface area (Å²) in [5.74, 6) is -1.03. The van der Waals surface area contributed by atoms with Gasteiger partial charge in [-0.3, -0.25) is 24.1 Å². The highest BCUT2D eigenvalue weighted by Gasteiger charge is 2.13. The van der Waals surface area contributed by atoms with Crippen LogP contribution in [0.3, 0.4) is 0 Å². The summed E-state index contributed by atoms with van der Waals surface area (Å²) in [4.78, 5) is 41.9. The molecule has 1 aromatic carbocycles. The summed E-state index contributed by atoms with van der Waals surface area (Å²) in [6.45, 7) is 0.162. The van der Waals surface area contributed by atoms with Gasteiger partial charge in [-0.05, 0) is 24.1 Å². The summed E-state index contributed by atoms with van der Waals surface area (Å²) in [6, 6.07) is 12.4. The van der Waals surface area contributed by atoms with Crippen LogP contribution >= 0.6 is 0 Å². The first-order valence-corrected chi connectivity index (χ1v) is 8.39. The second kappa shape index (κ2) is 8.58. The molecule has 0 bridgehead atoms. The molecule has 9 heteroatoms. The van der Waals surface area contributed by atoms with Gasteiger partial charge in [0.2, 0.25) is 5.88 Å². The number of H-pyrrole nitrogens is 1. The minimum atomic E-state index is -0.805. The van der Waals surface area contributed by atoms with E-state index in [1.165, 1.54) is 24.5 Å². The number of carbonyl (C=O) groups excluding carboxylic acids is 1. The van der Waals surface area contributed by atoms with Gasteiger partial charge in [0.05, 0.1) is 6.21 Å². The highest BCUT2D eigenvalue weighted by molar-refractivity contribution is 5.94. The lowest BCUT2D eigenvalue weighted by molar-refractivity contribution is 0.0955. The van der Waals surface area contributed by atoms with Crippen molar-refractivity contribution in [3.8, 4) is 5.88 Å². The maximum absolute atomic E-state index is 12.0. The molecule has 0 spiro atoms. The third-order valence-electron chi connectivity index (χ3n) is 3.98. The Bertz CT molecular complexity index is 1100. The Morgan fingerprint density at radius 3 is 2.61 bits per heavy atom. The van der Waals surface area contributed by atoms with E-state index in [-0.39, 0.29) is 12.1 Å². The molecule has 2 aromatic heterocycles. The van der Waals surface area contributed by atoms with Crippen molar-refractivity contribution in [2.75, 3.05) is 0 Å². The van der Waals surface area contributed by atoms with Gasteiger partial charge in [0.1, 0.15) is 5.56 Å². The molecule has 3 rings (SSSR count). The van der Waals surface area contributed by atoms with Gasteiger partial charge >= 0.3 is 5.69 Å². The molecular formula is C19H17N5O4. The fraction of sp³-hybridized carbons (Fsp3) is 0.105. The van der Waals surface area contributed by atoms with Crippen molar-refractivity contribution in [1.29, 1.82) is 0 Å². The normalized spacial score (nSPS) is 10.9. The summed E-state index contributed by atoms with van der Waals surface area (Å²) in [7, 11) is 0. The molecule has 0 radical (unpaired) electrons. The van der Waals surface area contributed by atoms with E-state index in [1.54, 1.807) is 0 Å². The van der Waals surface area contributed by atoms with Gasteiger partial charge in [-0.15, -0.1) is 0 Å². The molecule has 142 valence electrons. The summed E-state index contributed by atoms with van der Waals surface area (Å²) < 4.78 is 1.04. The molecule has 0 aliphatic carbocycles. The standard InChI is InChI=1S/C19H17N5O4/c25-16(14-6-9-20-10-7-14)23-21-12-15-17(26)22-19(28)24(18(15)27)11-8-13-4-2-1-3-5-13/h1-7,9-10,12,27H,8,11H2,(H,23,25)(H,22,26,28)/b21-12-. The summed E-state index contributed by atoms with van der Waals surface area (Å²) in [5.41, 5.74) is 1.78. The number of hydrazone groups is 1. The highest BCUT2D eigenvalue weighted by atomic mass is 16.3. The van der Waals surface area contributed by atoms with Gasteiger partial charge < -0.3 is 5.11 Å². The average molecular weight is 379 g/mol. The van der Waals surface area contributed by atoms with Crippen LogP contribution in [0.15, 0.2) is 69.5 Å². The number of pyridine rings is 1. The van der Waals surface area contributed by atoms with E-state index < -0.39 is 23.0 Å². The maximum Gasteiger partial charge on any atom is 0.331 e. The molecule has 1 amide bonds. The molecule has 2 heterocycles. The van der Waals surface area contributed by atoms with E-state index in [0.29, 0.717) is 12.0 Å². The molecular weight excluding hydrogens is 362 g/mol. The van der Waals surface area contributed by atoms with Gasteiger partial charge in [0, 0.05) is 24.5 Å². The number of aromatic nitrogens is 3. The lowest BCUT2D eigenvalue weighted by Gasteiger charge is -2.09. The average Bonchev–Trinajstić information content (AvgIpc) is 2.71. The van der Waals surface area contributed by atoms with Crippen LogP contribution < -0.4 is 16.7 Å². The summed E-state index contributed by atoms with van der Waals surface area (Å²) in [6.07, 6.45) is 4.39. The fourth-order valence-corrected chi connectivity index (χ4v) is 2.51. The first-order chi connectivity index (χ1) is 13.6. The van der Waals surface area contributed by atoms with Crippen LogP contribution in [-0.4, -0.2) is 31.8 Å². The number of hydrogen-bond donors (Lipinski definition) is 3. The van der Waals surface area contributed by atoms with Crippen LogP contribution in [-0.2, 0) is 13.0 Å². The fourth-order valence-electron chi connectivity index (χ4n) is 2.51. The number of benzene rings is 1. The van der Waals surface area contributed by atoms with E-state index in [2.05, 4.69) is 20.5 Å². The van der Waals surface area contributed by atoms with Crippen molar-refractivity contribution < 1.29 is 9.90 Å². The Morgan fingerprint density at radius 2 is 1.89 bits per heavy atom. The highest BCUT2D eigenvalue weighted by Crippen LogP contribution is 2.09. The van der Waals surface area contributed by atoms with Crippen LogP contribution in [0.1, 0.15) is 21.5 Å². The van der Waals surface area contributed by atoms with Gasteiger partial charge in [-0.2, -0.15) is 5.10 Å². The Labute approximate surface area is 159 Å². The molecule has 3 aromatic rings. The number of hydrogen-bond acceptors (Lipinski definition) is 6.